The van der Waals surface area contributed by atoms with Crippen LogP contribution < -0.4 is 5.73 Å². The van der Waals surface area contributed by atoms with Crippen molar-refractivity contribution in [2.75, 3.05) is 32.7 Å². The minimum absolute atomic E-state index is 0.149. The van der Waals surface area contributed by atoms with Gasteiger partial charge < -0.3 is 20.8 Å². The quantitative estimate of drug-likeness (QED) is 0.325. The molecule has 0 amide bonds. The van der Waals surface area contributed by atoms with Crippen LogP contribution in [0.4, 0.5) is 0 Å². The Balaban J connectivity index is 1.29. The molecule has 3 aromatic carbocycles. The predicted molar refractivity (Wildman–Crippen MR) is 139 cm³/mol. The molecular weight excluding hydrogens is 438 g/mol. The summed E-state index contributed by atoms with van der Waals surface area (Å²) in [5, 5.41) is 19.0. The van der Waals surface area contributed by atoms with Gasteiger partial charge in [0.2, 0.25) is 0 Å². The Morgan fingerprint density at radius 3 is 2.03 bits per heavy atom. The van der Waals surface area contributed by atoms with Crippen molar-refractivity contribution in [1.82, 2.24) is 9.80 Å². The van der Waals surface area contributed by atoms with E-state index in [2.05, 4.69) is 70.5 Å². The van der Waals surface area contributed by atoms with Gasteiger partial charge in [-0.3, -0.25) is 9.69 Å². The number of nitrogens with two attached hydrogens (primary N) is 1. The highest BCUT2D eigenvalue weighted by Gasteiger charge is 2.26. The van der Waals surface area contributed by atoms with Gasteiger partial charge in [-0.1, -0.05) is 72.8 Å². The molecule has 1 saturated heterocycles. The van der Waals surface area contributed by atoms with Crippen LogP contribution in [-0.2, 0) is 4.79 Å². The third-order valence-electron chi connectivity index (χ3n) is 6.56. The molecule has 1 heterocycles. The molecule has 0 aromatic heterocycles. The van der Waals surface area contributed by atoms with Gasteiger partial charge in [-0.2, -0.15) is 0 Å². The highest BCUT2D eigenvalue weighted by Crippen LogP contribution is 2.29. The standard InChI is InChI=1S/C29H33N3O3/c30-25(26(33)13-11-22-12-14-27(34)28(35)21-22)15-16-31-17-19-32(20-18-31)29(23-7-3-1-4-8-23)24-9-5-2-6-10-24/h1-14,21,25,29,34-35H,15-20,30H2. The zero-order chi connectivity index (χ0) is 24.6. The molecule has 4 rings (SSSR count). The molecule has 0 radical (unpaired) electrons. The maximum absolute atomic E-state index is 12.4. The first-order valence-corrected chi connectivity index (χ1v) is 12.1. The molecule has 0 saturated carbocycles. The fourth-order valence-corrected chi connectivity index (χ4v) is 4.54. The van der Waals surface area contributed by atoms with Gasteiger partial charge in [-0.05, 0) is 41.3 Å². The molecule has 4 N–H and O–H groups in total. The first-order valence-electron chi connectivity index (χ1n) is 12.1. The van der Waals surface area contributed by atoms with Crippen LogP contribution >= 0.6 is 0 Å². The molecule has 0 aliphatic carbocycles. The van der Waals surface area contributed by atoms with E-state index in [1.165, 1.54) is 29.3 Å². The van der Waals surface area contributed by atoms with Crippen molar-refractivity contribution in [2.24, 2.45) is 5.73 Å². The average molecular weight is 472 g/mol. The van der Waals surface area contributed by atoms with E-state index in [0.717, 1.165) is 32.7 Å². The Morgan fingerprint density at radius 2 is 1.46 bits per heavy atom. The predicted octanol–water partition coefficient (Wildman–Crippen LogP) is 3.80. The molecule has 0 bridgehead atoms. The third kappa shape index (κ3) is 6.57. The number of phenols is 2. The second kappa shape index (κ2) is 11.8. The van der Waals surface area contributed by atoms with Crippen LogP contribution in [-0.4, -0.2) is 64.6 Å². The fourth-order valence-electron chi connectivity index (χ4n) is 4.54. The maximum Gasteiger partial charge on any atom is 0.172 e. The van der Waals surface area contributed by atoms with E-state index in [1.54, 1.807) is 12.1 Å². The second-order valence-corrected chi connectivity index (χ2v) is 8.98. The third-order valence-corrected chi connectivity index (χ3v) is 6.56. The van der Waals surface area contributed by atoms with Gasteiger partial charge in [0.15, 0.2) is 17.3 Å². The summed E-state index contributed by atoms with van der Waals surface area (Å²) in [7, 11) is 0. The van der Waals surface area contributed by atoms with Gasteiger partial charge >= 0.3 is 0 Å². The Kier molecular flexibility index (Phi) is 8.32. The summed E-state index contributed by atoms with van der Waals surface area (Å²) < 4.78 is 0. The Bertz CT molecular complexity index is 1090. The smallest absolute Gasteiger partial charge is 0.172 e. The number of piperazine rings is 1. The number of benzene rings is 3. The van der Waals surface area contributed by atoms with Gasteiger partial charge in [0, 0.05) is 32.7 Å². The summed E-state index contributed by atoms with van der Waals surface area (Å²) in [6, 6.07) is 25.4. The fraction of sp³-hybridized carbons (Fsp3) is 0.276. The summed E-state index contributed by atoms with van der Waals surface area (Å²) >= 11 is 0. The van der Waals surface area contributed by atoms with E-state index in [4.69, 9.17) is 5.73 Å². The molecule has 1 fully saturated rings. The lowest BCUT2D eigenvalue weighted by Crippen LogP contribution is -2.49. The summed E-state index contributed by atoms with van der Waals surface area (Å²) in [6.07, 6.45) is 3.64. The van der Waals surface area contributed by atoms with Crippen molar-refractivity contribution in [2.45, 2.75) is 18.5 Å². The van der Waals surface area contributed by atoms with Crippen molar-refractivity contribution in [3.63, 3.8) is 0 Å². The van der Waals surface area contributed by atoms with Crippen LogP contribution in [0.2, 0.25) is 0 Å². The summed E-state index contributed by atoms with van der Waals surface area (Å²) in [6.45, 7) is 4.53. The van der Waals surface area contributed by atoms with Crippen LogP contribution in [0.1, 0.15) is 29.2 Å². The lowest BCUT2D eigenvalue weighted by Gasteiger charge is -2.40. The van der Waals surface area contributed by atoms with Gasteiger partial charge in [0.1, 0.15) is 0 Å². The molecule has 3 aromatic rings. The van der Waals surface area contributed by atoms with Gasteiger partial charge in [0.05, 0.1) is 12.1 Å². The second-order valence-electron chi connectivity index (χ2n) is 8.98. The van der Waals surface area contributed by atoms with Gasteiger partial charge in [-0.25, -0.2) is 0 Å². The number of aromatic hydroxyl groups is 2. The zero-order valence-electron chi connectivity index (χ0n) is 19.8. The van der Waals surface area contributed by atoms with Crippen LogP contribution in [0.25, 0.3) is 6.08 Å². The lowest BCUT2D eigenvalue weighted by atomic mass is 9.96. The van der Waals surface area contributed by atoms with Crippen molar-refractivity contribution in [1.29, 1.82) is 0 Å². The van der Waals surface area contributed by atoms with Crippen molar-refractivity contribution >= 4 is 11.9 Å². The molecule has 6 heteroatoms. The van der Waals surface area contributed by atoms with Crippen LogP contribution in [0, 0.1) is 0 Å². The first-order chi connectivity index (χ1) is 17.0. The van der Waals surface area contributed by atoms with Crippen molar-refractivity contribution in [3.8, 4) is 11.5 Å². The first kappa shape index (κ1) is 24.7. The summed E-state index contributed by atoms with van der Waals surface area (Å²) in [5.74, 6) is -0.557. The lowest BCUT2D eigenvalue weighted by molar-refractivity contribution is -0.115. The topological polar surface area (TPSA) is 90.0 Å². The number of hydrogen-bond donors (Lipinski definition) is 3. The van der Waals surface area contributed by atoms with Crippen LogP contribution in [0.3, 0.4) is 0 Å². The molecule has 35 heavy (non-hydrogen) atoms. The van der Waals surface area contributed by atoms with Crippen molar-refractivity contribution in [3.05, 3.63) is 102 Å². The zero-order valence-corrected chi connectivity index (χ0v) is 19.8. The van der Waals surface area contributed by atoms with Crippen molar-refractivity contribution < 1.29 is 15.0 Å². The largest absolute Gasteiger partial charge is 0.504 e. The molecule has 0 spiro atoms. The molecule has 1 aliphatic heterocycles. The Hall–Kier alpha value is -3.45. The SMILES string of the molecule is NC(CCN1CCN(C(c2ccccc2)c2ccccc2)CC1)C(=O)C=Cc1ccc(O)c(O)c1. The number of rotatable bonds is 9. The van der Waals surface area contributed by atoms with Crippen LogP contribution in [0.15, 0.2) is 84.9 Å². The highest BCUT2D eigenvalue weighted by molar-refractivity contribution is 5.97. The van der Waals surface area contributed by atoms with E-state index in [0.29, 0.717) is 12.0 Å². The molecular formula is C29H33N3O3. The number of carbonyl (C=O) groups is 1. The van der Waals surface area contributed by atoms with E-state index in [1.807, 2.05) is 0 Å². The average Bonchev–Trinajstić information content (AvgIpc) is 2.90. The van der Waals surface area contributed by atoms with E-state index >= 15 is 0 Å². The Labute approximate surface area is 206 Å². The minimum Gasteiger partial charge on any atom is -0.504 e. The highest BCUT2D eigenvalue weighted by atomic mass is 16.3. The number of nitrogens with zero attached hydrogens (tertiary/aromatic N) is 2. The molecule has 1 aliphatic rings. The monoisotopic (exact) mass is 471 g/mol. The van der Waals surface area contributed by atoms with E-state index in [9.17, 15) is 15.0 Å². The number of ketones is 1. The van der Waals surface area contributed by atoms with Gasteiger partial charge in [-0.15, -0.1) is 0 Å². The molecule has 1 atom stereocenters. The number of phenolic OH excluding ortho intramolecular Hbond substituents is 2. The summed E-state index contributed by atoms with van der Waals surface area (Å²) in [5.41, 5.74) is 9.38. The van der Waals surface area contributed by atoms with Crippen LogP contribution in [0.5, 0.6) is 11.5 Å². The minimum atomic E-state index is -0.573. The van der Waals surface area contributed by atoms with E-state index < -0.39 is 6.04 Å². The van der Waals surface area contributed by atoms with E-state index in [-0.39, 0.29) is 23.3 Å². The number of carbonyl (C=O) groups excluding carboxylic acids is 1. The molecule has 1 unspecified atom stereocenters. The normalized spacial score (nSPS) is 16.1. The maximum atomic E-state index is 12.4. The number of hydrogen-bond acceptors (Lipinski definition) is 6. The van der Waals surface area contributed by atoms with Gasteiger partial charge in [0.25, 0.3) is 0 Å². The molecule has 6 nitrogen and oxygen atoms in total. The summed E-state index contributed by atoms with van der Waals surface area (Å²) in [4.78, 5) is 17.3. The molecule has 182 valence electrons. The Morgan fingerprint density at radius 1 is 0.857 bits per heavy atom.